The lowest BCUT2D eigenvalue weighted by atomic mass is 9.99. The molecule has 20 nitrogen and oxygen atoms in total. The first-order chi connectivity index (χ1) is 25.3. The van der Waals surface area contributed by atoms with Gasteiger partial charge in [0.15, 0.2) is 17.3 Å². The van der Waals surface area contributed by atoms with Gasteiger partial charge in [-0.2, -0.15) is 0 Å². The summed E-state index contributed by atoms with van der Waals surface area (Å²) in [6.07, 6.45) is -26.4. The quantitative estimate of drug-likeness (QED) is 0.0921. The van der Waals surface area contributed by atoms with E-state index in [1.54, 1.807) is 18.2 Å². The van der Waals surface area contributed by atoms with E-state index in [-0.39, 0.29) is 22.3 Å². The van der Waals surface area contributed by atoms with Crippen LogP contribution in [-0.2, 0) is 14.2 Å². The first kappa shape index (κ1) is 39.2. The standard InChI is InChI=1S/C33H40O20/c34-8-16-20(38)23(41)26(44)31(50-16)48-14-6-12-13(7-15(14)49-32-27(45)24(42)21(39)17(9-35)51-32)47-29(11-4-2-1-3-5-11)30(19(12)37)53-33-28(46)25(43)22(40)18(10-36)52-33/h1-7,16-18,20-28,31-36,38-46H,8-10H2/t16-,17-,18-,20-,21-,22-,23+,24+,25+,26-,27-,28-,31-,32-,33+/m1/s1. The molecule has 0 aliphatic carbocycles. The van der Waals surface area contributed by atoms with Gasteiger partial charge < -0.3 is 94.1 Å². The van der Waals surface area contributed by atoms with E-state index in [0.29, 0.717) is 0 Å². The van der Waals surface area contributed by atoms with Gasteiger partial charge in [-0.25, -0.2) is 0 Å². The minimum Gasteiger partial charge on any atom is -0.458 e. The maximum Gasteiger partial charge on any atom is 0.235 e. The highest BCUT2D eigenvalue weighted by Crippen LogP contribution is 2.40. The van der Waals surface area contributed by atoms with Gasteiger partial charge in [0.25, 0.3) is 0 Å². The molecule has 6 rings (SSSR count). The number of ether oxygens (including phenoxy) is 6. The lowest BCUT2D eigenvalue weighted by Gasteiger charge is -2.41. The van der Waals surface area contributed by atoms with E-state index in [4.69, 9.17) is 32.8 Å². The van der Waals surface area contributed by atoms with Crippen molar-refractivity contribution in [3.63, 3.8) is 0 Å². The van der Waals surface area contributed by atoms with E-state index in [9.17, 15) is 66.1 Å². The maximum absolute atomic E-state index is 14.3. The van der Waals surface area contributed by atoms with E-state index in [0.717, 1.165) is 12.1 Å². The van der Waals surface area contributed by atoms with Crippen molar-refractivity contribution in [2.24, 2.45) is 0 Å². The Labute approximate surface area is 298 Å². The third-order valence-electron chi connectivity index (χ3n) is 9.22. The van der Waals surface area contributed by atoms with E-state index >= 15 is 0 Å². The van der Waals surface area contributed by atoms with Crippen molar-refractivity contribution in [1.82, 2.24) is 0 Å². The second-order valence-electron chi connectivity index (χ2n) is 12.7. The van der Waals surface area contributed by atoms with Gasteiger partial charge in [0, 0.05) is 11.6 Å². The van der Waals surface area contributed by atoms with Crippen LogP contribution in [0.5, 0.6) is 17.2 Å². The van der Waals surface area contributed by atoms with E-state index < -0.39 is 135 Å². The summed E-state index contributed by atoms with van der Waals surface area (Å²) in [6, 6.07) is 10.00. The number of rotatable bonds is 10. The fourth-order valence-corrected chi connectivity index (χ4v) is 6.12. The first-order valence-electron chi connectivity index (χ1n) is 16.4. The highest BCUT2D eigenvalue weighted by molar-refractivity contribution is 5.85. The predicted octanol–water partition coefficient (Wildman–Crippen LogP) is -5.00. The molecule has 3 saturated heterocycles. The molecule has 20 heteroatoms. The van der Waals surface area contributed by atoms with Crippen LogP contribution in [0.2, 0.25) is 0 Å². The van der Waals surface area contributed by atoms with Gasteiger partial charge in [-0.3, -0.25) is 4.79 Å². The summed E-state index contributed by atoms with van der Waals surface area (Å²) in [5, 5.41) is 123. The summed E-state index contributed by atoms with van der Waals surface area (Å²) in [6.45, 7) is -2.41. The van der Waals surface area contributed by atoms with Crippen LogP contribution in [0.25, 0.3) is 22.3 Å². The first-order valence-corrected chi connectivity index (χ1v) is 16.4. The highest BCUT2D eigenvalue weighted by atomic mass is 16.7. The zero-order chi connectivity index (χ0) is 38.3. The number of benzene rings is 2. The van der Waals surface area contributed by atoms with Crippen LogP contribution in [0.4, 0.5) is 0 Å². The SMILES string of the molecule is O=c1c(O[C@@H]2O[C@H](CO)[C@@H](O)[C@H](O)[C@H]2O)c(-c2ccccc2)oc2cc(O[C@@H]3O[C@H](CO)[C@@H](O)[C@H](O)[C@H]3O)c(O[C@@H]3O[C@H](CO)[C@@H](O)[C@H](O)[C@H]3O)cc12. The average molecular weight is 757 g/mol. The average Bonchev–Trinajstić information content (AvgIpc) is 3.16. The third-order valence-corrected chi connectivity index (χ3v) is 9.22. The fourth-order valence-electron chi connectivity index (χ4n) is 6.12. The van der Waals surface area contributed by atoms with Crippen molar-refractivity contribution in [2.45, 2.75) is 92.1 Å². The minimum atomic E-state index is -1.95. The van der Waals surface area contributed by atoms with Crippen LogP contribution in [0.3, 0.4) is 0 Å². The number of hydrogen-bond acceptors (Lipinski definition) is 20. The molecule has 3 fully saturated rings. The Hall–Kier alpha value is -3.55. The Kier molecular flexibility index (Phi) is 11.9. The largest absolute Gasteiger partial charge is 0.458 e. The van der Waals surface area contributed by atoms with Gasteiger partial charge >= 0.3 is 0 Å². The Balaban J connectivity index is 1.49. The summed E-state index contributed by atoms with van der Waals surface area (Å²) in [5.74, 6) is -1.75. The zero-order valence-corrected chi connectivity index (χ0v) is 27.5. The number of aliphatic hydroxyl groups excluding tert-OH is 12. The van der Waals surface area contributed by atoms with Gasteiger partial charge in [0.2, 0.25) is 30.0 Å². The number of fused-ring (bicyclic) bond motifs is 1. The molecule has 3 aromatic rings. The third kappa shape index (κ3) is 7.45. The van der Waals surface area contributed by atoms with Crippen LogP contribution in [0.1, 0.15) is 0 Å². The molecule has 0 bridgehead atoms. The van der Waals surface area contributed by atoms with E-state index in [1.807, 2.05) is 0 Å². The molecule has 3 aliphatic heterocycles. The predicted molar refractivity (Wildman–Crippen MR) is 171 cm³/mol. The molecule has 0 spiro atoms. The Morgan fingerprint density at radius 2 is 0.943 bits per heavy atom. The summed E-state index contributed by atoms with van der Waals surface area (Å²) in [4.78, 5) is 14.3. The molecule has 12 N–H and O–H groups in total. The maximum atomic E-state index is 14.3. The van der Waals surface area contributed by atoms with Crippen LogP contribution in [-0.4, -0.2) is 173 Å². The van der Waals surface area contributed by atoms with Crippen LogP contribution < -0.4 is 19.6 Å². The lowest BCUT2D eigenvalue weighted by molar-refractivity contribution is -0.282. The van der Waals surface area contributed by atoms with Crippen LogP contribution in [0, 0.1) is 0 Å². The van der Waals surface area contributed by atoms with E-state index in [2.05, 4.69) is 0 Å². The summed E-state index contributed by atoms with van der Waals surface area (Å²) in [5.41, 5.74) is -0.958. The van der Waals surface area contributed by atoms with Gasteiger partial charge in [-0.15, -0.1) is 0 Å². The molecule has 0 saturated carbocycles. The summed E-state index contributed by atoms with van der Waals surface area (Å²) < 4.78 is 39.9. The van der Waals surface area contributed by atoms with Gasteiger partial charge in [0.05, 0.1) is 25.2 Å². The Morgan fingerprint density at radius 3 is 1.38 bits per heavy atom. The molecular formula is C33H40O20. The summed E-state index contributed by atoms with van der Waals surface area (Å²) >= 11 is 0. The van der Waals surface area contributed by atoms with Crippen molar-refractivity contribution in [3.05, 3.63) is 52.7 Å². The molecule has 2 aromatic carbocycles. The van der Waals surface area contributed by atoms with Gasteiger partial charge in [0.1, 0.15) is 78.8 Å². The molecule has 0 unspecified atom stereocenters. The van der Waals surface area contributed by atoms with Crippen LogP contribution >= 0.6 is 0 Å². The molecule has 15 atom stereocenters. The van der Waals surface area contributed by atoms with Crippen molar-refractivity contribution in [3.8, 4) is 28.6 Å². The highest BCUT2D eigenvalue weighted by Gasteiger charge is 2.48. The minimum absolute atomic E-state index is 0.249. The molecule has 53 heavy (non-hydrogen) atoms. The molecule has 4 heterocycles. The summed E-state index contributed by atoms with van der Waals surface area (Å²) in [7, 11) is 0. The second kappa shape index (κ2) is 16.0. The monoisotopic (exact) mass is 756 g/mol. The topological polar surface area (TPSA) is 328 Å². The van der Waals surface area contributed by atoms with Gasteiger partial charge in [-0.05, 0) is 6.07 Å². The van der Waals surface area contributed by atoms with Crippen molar-refractivity contribution < 1.29 is 94.1 Å². The normalized spacial score (nSPS) is 37.7. The fraction of sp³-hybridized carbons (Fsp3) is 0.545. The number of hydrogen-bond donors (Lipinski definition) is 12. The Morgan fingerprint density at radius 1 is 0.528 bits per heavy atom. The smallest absolute Gasteiger partial charge is 0.235 e. The molecule has 3 aliphatic rings. The lowest BCUT2D eigenvalue weighted by Crippen LogP contribution is -2.60. The van der Waals surface area contributed by atoms with Gasteiger partial charge in [-0.1, -0.05) is 30.3 Å². The van der Waals surface area contributed by atoms with Crippen molar-refractivity contribution in [1.29, 1.82) is 0 Å². The molecule has 0 radical (unpaired) electrons. The number of aliphatic hydroxyl groups is 12. The second-order valence-corrected chi connectivity index (χ2v) is 12.7. The van der Waals surface area contributed by atoms with Crippen molar-refractivity contribution in [2.75, 3.05) is 19.8 Å². The molecule has 1 aromatic heterocycles. The molecule has 0 amide bonds. The molecular weight excluding hydrogens is 716 g/mol. The van der Waals surface area contributed by atoms with Crippen LogP contribution in [0.15, 0.2) is 51.7 Å². The van der Waals surface area contributed by atoms with Crippen molar-refractivity contribution >= 4 is 11.0 Å². The Bertz CT molecular complexity index is 1750. The molecule has 292 valence electrons. The van der Waals surface area contributed by atoms with E-state index in [1.165, 1.54) is 12.1 Å². The zero-order valence-electron chi connectivity index (χ0n) is 27.5.